The topological polar surface area (TPSA) is 97.4 Å². The number of hydrogen-bond acceptors (Lipinski definition) is 6. The van der Waals surface area contributed by atoms with Gasteiger partial charge in [0.1, 0.15) is 5.69 Å². The van der Waals surface area contributed by atoms with Gasteiger partial charge in [0.25, 0.3) is 11.8 Å². The SMILES string of the molecule is CCc1ccc(-c2cc(C(F)(F)F)n3nc(C(=O)Nc4cnn(CC)c4C(=O)N(C)C)cc3n2)s1. The molecule has 13 heteroatoms. The molecule has 9 nitrogen and oxygen atoms in total. The highest BCUT2D eigenvalue weighted by molar-refractivity contribution is 7.15. The molecule has 0 fully saturated rings. The van der Waals surface area contributed by atoms with Gasteiger partial charge in [-0.3, -0.25) is 14.3 Å². The maximum Gasteiger partial charge on any atom is 0.433 e. The van der Waals surface area contributed by atoms with Crippen LogP contribution in [0.4, 0.5) is 18.9 Å². The maximum absolute atomic E-state index is 13.9. The van der Waals surface area contributed by atoms with Crippen LogP contribution >= 0.6 is 11.3 Å². The number of carbonyl (C=O) groups is 2. The molecule has 4 rings (SSSR count). The summed E-state index contributed by atoms with van der Waals surface area (Å²) in [4.78, 5) is 32.8. The number of nitrogens with zero attached hydrogens (tertiary/aromatic N) is 6. The summed E-state index contributed by atoms with van der Waals surface area (Å²) in [5.41, 5.74) is -1.04. The van der Waals surface area contributed by atoms with Crippen molar-refractivity contribution in [3.05, 3.63) is 52.4 Å². The molecule has 0 atom stereocenters. The normalized spacial score (nSPS) is 11.7. The molecule has 2 amide bonds. The van der Waals surface area contributed by atoms with Crippen molar-refractivity contribution >= 4 is 34.5 Å². The van der Waals surface area contributed by atoms with Gasteiger partial charge >= 0.3 is 6.18 Å². The third kappa shape index (κ3) is 4.63. The number of carbonyl (C=O) groups excluding carboxylic acids is 2. The highest BCUT2D eigenvalue weighted by Gasteiger charge is 2.36. The third-order valence-electron chi connectivity index (χ3n) is 5.21. The van der Waals surface area contributed by atoms with E-state index in [1.807, 2.05) is 13.0 Å². The van der Waals surface area contributed by atoms with E-state index < -0.39 is 17.8 Å². The van der Waals surface area contributed by atoms with E-state index >= 15 is 0 Å². The Kier molecular flexibility index (Phi) is 6.36. The minimum atomic E-state index is -4.73. The van der Waals surface area contributed by atoms with Crippen molar-refractivity contribution in [2.75, 3.05) is 19.4 Å². The first kappa shape index (κ1) is 24.4. The van der Waals surface area contributed by atoms with Gasteiger partial charge in [-0.15, -0.1) is 11.3 Å². The fourth-order valence-electron chi connectivity index (χ4n) is 3.46. The highest BCUT2D eigenvalue weighted by Crippen LogP contribution is 2.34. The molecule has 4 aromatic heterocycles. The molecule has 4 heterocycles. The van der Waals surface area contributed by atoms with Crippen LogP contribution in [-0.4, -0.2) is 55.2 Å². The van der Waals surface area contributed by atoms with Crippen molar-refractivity contribution in [1.82, 2.24) is 29.3 Å². The molecule has 0 saturated carbocycles. The molecule has 0 aliphatic rings. The van der Waals surface area contributed by atoms with Crippen LogP contribution in [0.1, 0.15) is 45.4 Å². The zero-order valence-electron chi connectivity index (χ0n) is 19.3. The van der Waals surface area contributed by atoms with Gasteiger partial charge in [0.15, 0.2) is 17.0 Å². The van der Waals surface area contributed by atoms with Crippen LogP contribution < -0.4 is 5.32 Å². The lowest BCUT2D eigenvalue weighted by molar-refractivity contribution is -0.142. The smallest absolute Gasteiger partial charge is 0.343 e. The Bertz CT molecular complexity index is 1420. The van der Waals surface area contributed by atoms with Gasteiger partial charge < -0.3 is 10.2 Å². The van der Waals surface area contributed by atoms with Gasteiger partial charge in [-0.2, -0.15) is 23.4 Å². The number of aryl methyl sites for hydroxylation is 2. The van der Waals surface area contributed by atoms with Crippen molar-refractivity contribution < 1.29 is 22.8 Å². The van der Waals surface area contributed by atoms with Crippen molar-refractivity contribution in [3.63, 3.8) is 0 Å². The van der Waals surface area contributed by atoms with Gasteiger partial charge in [-0.25, -0.2) is 9.50 Å². The van der Waals surface area contributed by atoms with E-state index in [1.54, 1.807) is 27.1 Å². The Labute approximate surface area is 202 Å². The van der Waals surface area contributed by atoms with E-state index in [0.29, 0.717) is 15.9 Å². The lowest BCUT2D eigenvalue weighted by atomic mass is 10.2. The Hall–Kier alpha value is -3.74. The molecule has 184 valence electrons. The molecule has 0 aromatic carbocycles. The molecule has 1 N–H and O–H groups in total. The van der Waals surface area contributed by atoms with Crippen LogP contribution in [0.5, 0.6) is 0 Å². The number of anilines is 1. The summed E-state index contributed by atoms with van der Waals surface area (Å²) in [5.74, 6) is -1.18. The maximum atomic E-state index is 13.9. The first-order valence-corrected chi connectivity index (χ1v) is 11.5. The number of rotatable bonds is 6. The number of alkyl halides is 3. The molecule has 0 saturated heterocycles. The predicted octanol–water partition coefficient (Wildman–Crippen LogP) is 4.21. The summed E-state index contributed by atoms with van der Waals surface area (Å²) in [7, 11) is 3.12. The number of aromatic nitrogens is 5. The standard InChI is InChI=1S/C22H22F3N7O2S/c1-5-12-7-8-16(35-12)13-9-17(22(23,24)25)32-18(27-13)10-14(29-32)20(33)28-15-11-26-31(6-2)19(15)21(34)30(3)4/h7-11H,5-6H2,1-4H3,(H,28,33). The summed E-state index contributed by atoms with van der Waals surface area (Å²) in [5, 5.41) is 10.5. The second kappa shape index (κ2) is 9.13. The minimum Gasteiger partial charge on any atom is -0.343 e. The molecule has 35 heavy (non-hydrogen) atoms. The zero-order chi connectivity index (χ0) is 25.5. The van der Waals surface area contributed by atoms with Gasteiger partial charge in [0, 0.05) is 31.6 Å². The quantitative estimate of drug-likeness (QED) is 0.424. The van der Waals surface area contributed by atoms with Crippen molar-refractivity contribution in [1.29, 1.82) is 0 Å². The van der Waals surface area contributed by atoms with Crippen LogP contribution in [0.3, 0.4) is 0 Å². The molecule has 0 aliphatic heterocycles. The lowest BCUT2D eigenvalue weighted by Crippen LogP contribution is -2.26. The van der Waals surface area contributed by atoms with E-state index in [4.69, 9.17) is 0 Å². The van der Waals surface area contributed by atoms with E-state index in [9.17, 15) is 22.8 Å². The Morgan fingerprint density at radius 2 is 1.91 bits per heavy atom. The molecule has 0 aliphatic carbocycles. The van der Waals surface area contributed by atoms with Crippen LogP contribution in [-0.2, 0) is 19.1 Å². The number of nitrogens with one attached hydrogen (secondary N) is 1. The van der Waals surface area contributed by atoms with Crippen LogP contribution in [0.2, 0.25) is 0 Å². The molecule has 4 aromatic rings. The third-order valence-corrected chi connectivity index (χ3v) is 6.46. The van der Waals surface area contributed by atoms with Gasteiger partial charge in [0.05, 0.1) is 22.5 Å². The van der Waals surface area contributed by atoms with Crippen LogP contribution in [0.25, 0.3) is 16.2 Å². The van der Waals surface area contributed by atoms with E-state index in [0.717, 1.165) is 17.4 Å². The number of halogens is 3. The monoisotopic (exact) mass is 505 g/mol. The summed E-state index contributed by atoms with van der Waals surface area (Å²) in [6.07, 6.45) is -2.66. The second-order valence-corrected chi connectivity index (χ2v) is 8.99. The first-order chi connectivity index (χ1) is 16.5. The summed E-state index contributed by atoms with van der Waals surface area (Å²) < 4.78 is 43.6. The van der Waals surface area contributed by atoms with E-state index in [1.165, 1.54) is 33.2 Å². The van der Waals surface area contributed by atoms with E-state index in [2.05, 4.69) is 20.5 Å². The highest BCUT2D eigenvalue weighted by atomic mass is 32.1. The average molecular weight is 506 g/mol. The van der Waals surface area contributed by atoms with Crippen molar-refractivity contribution in [3.8, 4) is 10.6 Å². The zero-order valence-corrected chi connectivity index (χ0v) is 20.2. The number of hydrogen-bond donors (Lipinski definition) is 1. The molecule has 0 radical (unpaired) electrons. The largest absolute Gasteiger partial charge is 0.433 e. The summed E-state index contributed by atoms with van der Waals surface area (Å²) >= 11 is 1.36. The Morgan fingerprint density at radius 3 is 2.51 bits per heavy atom. The molecular formula is C22H22F3N7O2S. The first-order valence-electron chi connectivity index (χ1n) is 10.7. The summed E-state index contributed by atoms with van der Waals surface area (Å²) in [6.45, 7) is 4.12. The fourth-order valence-corrected chi connectivity index (χ4v) is 4.37. The number of thiophene rings is 1. The Balaban J connectivity index is 1.75. The summed E-state index contributed by atoms with van der Waals surface area (Å²) in [6, 6.07) is 5.67. The lowest BCUT2D eigenvalue weighted by Gasteiger charge is -2.13. The number of amides is 2. The minimum absolute atomic E-state index is 0.125. The van der Waals surface area contributed by atoms with Crippen molar-refractivity contribution in [2.45, 2.75) is 33.0 Å². The van der Waals surface area contributed by atoms with Crippen LogP contribution in [0.15, 0.2) is 30.5 Å². The van der Waals surface area contributed by atoms with Crippen LogP contribution in [0, 0.1) is 0 Å². The average Bonchev–Trinajstić information content (AvgIpc) is 3.54. The number of fused-ring (bicyclic) bond motifs is 1. The van der Waals surface area contributed by atoms with E-state index in [-0.39, 0.29) is 34.3 Å². The molecule has 0 spiro atoms. The molecule has 0 unspecified atom stereocenters. The van der Waals surface area contributed by atoms with Gasteiger partial charge in [-0.1, -0.05) is 6.92 Å². The molecule has 0 bridgehead atoms. The van der Waals surface area contributed by atoms with Gasteiger partial charge in [0.2, 0.25) is 0 Å². The second-order valence-electron chi connectivity index (χ2n) is 7.82. The Morgan fingerprint density at radius 1 is 1.17 bits per heavy atom. The van der Waals surface area contributed by atoms with Crippen molar-refractivity contribution in [2.24, 2.45) is 0 Å². The fraction of sp³-hybridized carbons (Fsp3) is 0.318. The van der Waals surface area contributed by atoms with Gasteiger partial charge in [-0.05, 0) is 31.5 Å². The predicted molar refractivity (Wildman–Crippen MR) is 125 cm³/mol. The molecular weight excluding hydrogens is 483 g/mol.